The van der Waals surface area contributed by atoms with Crippen molar-refractivity contribution in [2.45, 2.75) is 25.3 Å². The van der Waals surface area contributed by atoms with E-state index in [1.807, 2.05) is 36.5 Å². The molecule has 0 bridgehead atoms. The number of anilines is 1. The molecular weight excluding hydrogens is 432 g/mol. The summed E-state index contributed by atoms with van der Waals surface area (Å²) in [6.45, 7) is 5.81. The fraction of sp³-hybridized carbons (Fsp3) is 0.440. The molecule has 0 radical (unpaired) electrons. The number of methoxy groups -OCH3 is 1. The molecule has 5 rings (SSSR count). The standard InChI is InChI=1S/C25H30N6O3/c1-32-21-4-6-22(7-5-21)34-24-23(26-10-11-27-24)19-3-2-12-30(17-19)18-20-8-9-28-25(29-20)31-13-15-33-16-14-31/h4-11,19H,2-3,12-18H2,1H3. The van der Waals surface area contributed by atoms with E-state index in [2.05, 4.69) is 24.8 Å². The predicted molar refractivity (Wildman–Crippen MR) is 127 cm³/mol. The van der Waals surface area contributed by atoms with Crippen molar-refractivity contribution in [2.24, 2.45) is 0 Å². The largest absolute Gasteiger partial charge is 0.497 e. The number of piperidine rings is 1. The van der Waals surface area contributed by atoms with E-state index in [1.54, 1.807) is 19.5 Å². The van der Waals surface area contributed by atoms with E-state index in [1.165, 1.54) is 0 Å². The molecule has 34 heavy (non-hydrogen) atoms. The molecule has 0 spiro atoms. The fourth-order valence-corrected chi connectivity index (χ4v) is 4.49. The normalized spacial score (nSPS) is 19.1. The maximum Gasteiger partial charge on any atom is 0.241 e. The molecule has 2 aromatic heterocycles. The summed E-state index contributed by atoms with van der Waals surface area (Å²) in [6, 6.07) is 9.52. The Labute approximate surface area is 199 Å². The van der Waals surface area contributed by atoms with Crippen LogP contribution in [0.25, 0.3) is 0 Å². The number of nitrogens with zero attached hydrogens (tertiary/aromatic N) is 6. The Morgan fingerprint density at radius 2 is 1.74 bits per heavy atom. The first kappa shape index (κ1) is 22.5. The van der Waals surface area contributed by atoms with Crippen molar-refractivity contribution in [3.05, 3.63) is 60.3 Å². The third-order valence-electron chi connectivity index (χ3n) is 6.24. The number of rotatable bonds is 7. The van der Waals surface area contributed by atoms with E-state index >= 15 is 0 Å². The molecule has 1 aromatic carbocycles. The maximum absolute atomic E-state index is 6.11. The molecule has 0 N–H and O–H groups in total. The third kappa shape index (κ3) is 5.43. The van der Waals surface area contributed by atoms with Gasteiger partial charge in [0.2, 0.25) is 11.8 Å². The van der Waals surface area contributed by atoms with Crippen molar-refractivity contribution in [3.63, 3.8) is 0 Å². The van der Waals surface area contributed by atoms with Crippen molar-refractivity contribution in [2.75, 3.05) is 51.4 Å². The molecule has 9 nitrogen and oxygen atoms in total. The number of benzene rings is 1. The van der Waals surface area contributed by atoms with Gasteiger partial charge in [0, 0.05) is 50.7 Å². The zero-order valence-corrected chi connectivity index (χ0v) is 19.5. The minimum Gasteiger partial charge on any atom is -0.497 e. The van der Waals surface area contributed by atoms with Gasteiger partial charge in [0.05, 0.1) is 26.0 Å². The summed E-state index contributed by atoms with van der Waals surface area (Å²) >= 11 is 0. The van der Waals surface area contributed by atoms with E-state index in [4.69, 9.17) is 19.2 Å². The van der Waals surface area contributed by atoms with E-state index in [0.717, 1.165) is 81.9 Å². The SMILES string of the molecule is COc1ccc(Oc2nccnc2C2CCCN(Cc3ccnc(N4CCOCC4)n3)C2)cc1. The lowest BCUT2D eigenvalue weighted by Crippen LogP contribution is -2.38. The van der Waals surface area contributed by atoms with Crippen molar-refractivity contribution in [1.29, 1.82) is 0 Å². The number of aromatic nitrogens is 4. The molecule has 9 heteroatoms. The smallest absolute Gasteiger partial charge is 0.241 e. The maximum atomic E-state index is 6.11. The minimum atomic E-state index is 0.247. The van der Waals surface area contributed by atoms with Crippen LogP contribution >= 0.6 is 0 Å². The summed E-state index contributed by atoms with van der Waals surface area (Å²) in [6.07, 6.45) is 7.42. The van der Waals surface area contributed by atoms with Crippen LogP contribution in [0.1, 0.15) is 30.1 Å². The first-order chi connectivity index (χ1) is 16.8. The van der Waals surface area contributed by atoms with Crippen LogP contribution in [-0.2, 0) is 11.3 Å². The quantitative estimate of drug-likeness (QED) is 0.525. The van der Waals surface area contributed by atoms with Gasteiger partial charge in [0.25, 0.3) is 0 Å². The Morgan fingerprint density at radius 3 is 2.56 bits per heavy atom. The Hall–Kier alpha value is -3.30. The van der Waals surface area contributed by atoms with Gasteiger partial charge in [-0.3, -0.25) is 9.88 Å². The molecule has 0 aliphatic carbocycles. The second kappa shape index (κ2) is 10.8. The van der Waals surface area contributed by atoms with Crippen molar-refractivity contribution in [1.82, 2.24) is 24.8 Å². The molecule has 1 atom stereocenters. The molecule has 0 saturated carbocycles. The second-order valence-corrected chi connectivity index (χ2v) is 8.55. The van der Waals surface area contributed by atoms with Gasteiger partial charge in [0.1, 0.15) is 17.2 Å². The van der Waals surface area contributed by atoms with Gasteiger partial charge in [-0.2, -0.15) is 0 Å². The lowest BCUT2D eigenvalue weighted by atomic mass is 9.94. The average molecular weight is 463 g/mol. The van der Waals surface area contributed by atoms with Gasteiger partial charge in [-0.25, -0.2) is 15.0 Å². The van der Waals surface area contributed by atoms with Gasteiger partial charge >= 0.3 is 0 Å². The molecule has 1 unspecified atom stereocenters. The van der Waals surface area contributed by atoms with Crippen molar-refractivity contribution < 1.29 is 14.2 Å². The second-order valence-electron chi connectivity index (χ2n) is 8.55. The summed E-state index contributed by atoms with van der Waals surface area (Å²) in [4.78, 5) is 23.1. The van der Waals surface area contributed by atoms with E-state index in [0.29, 0.717) is 11.6 Å². The molecule has 178 valence electrons. The summed E-state index contributed by atoms with van der Waals surface area (Å²) in [5.41, 5.74) is 1.94. The van der Waals surface area contributed by atoms with Crippen molar-refractivity contribution in [3.8, 4) is 17.4 Å². The summed E-state index contributed by atoms with van der Waals surface area (Å²) < 4.78 is 16.8. The molecule has 2 saturated heterocycles. The number of ether oxygens (including phenoxy) is 3. The first-order valence-electron chi connectivity index (χ1n) is 11.8. The zero-order valence-electron chi connectivity index (χ0n) is 19.5. The molecule has 2 aliphatic rings. The number of likely N-dealkylation sites (tertiary alicyclic amines) is 1. The molecule has 2 aliphatic heterocycles. The number of morpholine rings is 1. The van der Waals surface area contributed by atoms with Crippen LogP contribution in [0.2, 0.25) is 0 Å². The van der Waals surface area contributed by atoms with Crippen LogP contribution in [0.15, 0.2) is 48.9 Å². The molecule has 2 fully saturated rings. The minimum absolute atomic E-state index is 0.247. The monoisotopic (exact) mass is 462 g/mol. The van der Waals surface area contributed by atoms with Gasteiger partial charge < -0.3 is 19.1 Å². The highest BCUT2D eigenvalue weighted by Crippen LogP contribution is 2.33. The van der Waals surface area contributed by atoms with E-state index < -0.39 is 0 Å². The Kier molecular flexibility index (Phi) is 7.11. The van der Waals surface area contributed by atoms with Gasteiger partial charge in [0.15, 0.2) is 0 Å². The predicted octanol–water partition coefficient (Wildman–Crippen LogP) is 3.28. The van der Waals surface area contributed by atoms with Crippen molar-refractivity contribution >= 4 is 5.95 Å². The summed E-state index contributed by atoms with van der Waals surface area (Å²) in [7, 11) is 1.65. The van der Waals surface area contributed by atoms with E-state index in [-0.39, 0.29) is 5.92 Å². The van der Waals surface area contributed by atoms with Crippen LogP contribution in [0.5, 0.6) is 17.4 Å². The fourth-order valence-electron chi connectivity index (χ4n) is 4.49. The topological polar surface area (TPSA) is 85.7 Å². The van der Waals surface area contributed by atoms with Crippen LogP contribution in [0, 0.1) is 0 Å². The molecule has 0 amide bonds. The lowest BCUT2D eigenvalue weighted by molar-refractivity contribution is 0.122. The molecule has 4 heterocycles. The third-order valence-corrected chi connectivity index (χ3v) is 6.24. The lowest BCUT2D eigenvalue weighted by Gasteiger charge is -2.32. The first-order valence-corrected chi connectivity index (χ1v) is 11.8. The highest BCUT2D eigenvalue weighted by Gasteiger charge is 2.26. The Morgan fingerprint density at radius 1 is 0.941 bits per heavy atom. The van der Waals surface area contributed by atoms with Crippen LogP contribution in [0.3, 0.4) is 0 Å². The van der Waals surface area contributed by atoms with Crippen LogP contribution in [-0.4, -0.2) is 71.3 Å². The average Bonchev–Trinajstić information content (AvgIpc) is 2.90. The van der Waals surface area contributed by atoms with Gasteiger partial charge in [-0.15, -0.1) is 0 Å². The van der Waals surface area contributed by atoms with Crippen LogP contribution in [0.4, 0.5) is 5.95 Å². The Bertz CT molecular complexity index is 1070. The highest BCUT2D eigenvalue weighted by atomic mass is 16.5. The molecule has 3 aromatic rings. The molecular formula is C25H30N6O3. The Balaban J connectivity index is 1.27. The highest BCUT2D eigenvalue weighted by molar-refractivity contribution is 5.35. The summed E-state index contributed by atoms with van der Waals surface area (Å²) in [5, 5.41) is 0. The van der Waals surface area contributed by atoms with Crippen LogP contribution < -0.4 is 14.4 Å². The van der Waals surface area contributed by atoms with Gasteiger partial charge in [-0.1, -0.05) is 0 Å². The summed E-state index contributed by atoms with van der Waals surface area (Å²) in [5.74, 6) is 3.11. The van der Waals surface area contributed by atoms with E-state index in [9.17, 15) is 0 Å². The zero-order chi connectivity index (χ0) is 23.2. The number of hydrogen-bond acceptors (Lipinski definition) is 9. The number of hydrogen-bond donors (Lipinski definition) is 0. The van der Waals surface area contributed by atoms with Gasteiger partial charge in [-0.05, 0) is 49.7 Å².